The highest BCUT2D eigenvalue weighted by atomic mass is 32.1. The summed E-state index contributed by atoms with van der Waals surface area (Å²) in [5.41, 5.74) is 0.161. The standard InChI is InChI=1S/C9H7NO2S/c1-6-4-7-2-3-8(10(11)12)5-9(7)13-6/h2-5H,1H3. The van der Waals surface area contributed by atoms with E-state index in [0.29, 0.717) is 0 Å². The third kappa shape index (κ3) is 1.40. The normalized spacial score (nSPS) is 10.5. The van der Waals surface area contributed by atoms with Crippen LogP contribution >= 0.6 is 11.3 Å². The first-order valence-electron chi connectivity index (χ1n) is 3.81. The van der Waals surface area contributed by atoms with Crippen LogP contribution in [-0.4, -0.2) is 4.92 Å². The molecule has 0 unspecified atom stereocenters. The highest BCUT2D eigenvalue weighted by Gasteiger charge is 2.06. The van der Waals surface area contributed by atoms with Crippen molar-refractivity contribution >= 4 is 27.1 Å². The smallest absolute Gasteiger partial charge is 0.258 e. The van der Waals surface area contributed by atoms with Gasteiger partial charge in [-0.3, -0.25) is 10.1 Å². The van der Waals surface area contributed by atoms with E-state index < -0.39 is 0 Å². The molecular weight excluding hydrogens is 186 g/mol. The minimum atomic E-state index is -0.367. The van der Waals surface area contributed by atoms with Gasteiger partial charge in [-0.1, -0.05) is 0 Å². The monoisotopic (exact) mass is 193 g/mol. The van der Waals surface area contributed by atoms with E-state index in [-0.39, 0.29) is 10.6 Å². The van der Waals surface area contributed by atoms with E-state index in [9.17, 15) is 10.1 Å². The number of thiophene rings is 1. The van der Waals surface area contributed by atoms with Crippen LogP contribution in [0.2, 0.25) is 0 Å². The number of nitro benzene ring substituents is 1. The molecule has 13 heavy (non-hydrogen) atoms. The second kappa shape index (κ2) is 2.81. The van der Waals surface area contributed by atoms with Crippen LogP contribution in [-0.2, 0) is 0 Å². The van der Waals surface area contributed by atoms with Crippen molar-refractivity contribution in [1.29, 1.82) is 0 Å². The minimum absolute atomic E-state index is 0.161. The highest BCUT2D eigenvalue weighted by Crippen LogP contribution is 2.28. The van der Waals surface area contributed by atoms with Crippen molar-refractivity contribution in [2.45, 2.75) is 6.92 Å². The van der Waals surface area contributed by atoms with Crippen molar-refractivity contribution in [2.24, 2.45) is 0 Å². The maximum absolute atomic E-state index is 10.5. The van der Waals surface area contributed by atoms with Crippen LogP contribution in [0.4, 0.5) is 5.69 Å². The van der Waals surface area contributed by atoms with Crippen LogP contribution in [0.5, 0.6) is 0 Å². The molecule has 1 heterocycles. The van der Waals surface area contributed by atoms with Crippen LogP contribution in [0.15, 0.2) is 24.3 Å². The van der Waals surface area contributed by atoms with Gasteiger partial charge >= 0.3 is 0 Å². The molecule has 0 spiro atoms. The van der Waals surface area contributed by atoms with Crippen molar-refractivity contribution in [2.75, 3.05) is 0 Å². The summed E-state index contributed by atoms with van der Waals surface area (Å²) < 4.78 is 0.978. The predicted octanol–water partition coefficient (Wildman–Crippen LogP) is 3.12. The molecule has 4 heteroatoms. The van der Waals surface area contributed by atoms with Crippen LogP contribution < -0.4 is 0 Å². The van der Waals surface area contributed by atoms with Gasteiger partial charge in [0.2, 0.25) is 0 Å². The average Bonchev–Trinajstić information content (AvgIpc) is 2.42. The topological polar surface area (TPSA) is 43.1 Å². The molecule has 3 nitrogen and oxygen atoms in total. The molecule has 2 aromatic rings. The van der Waals surface area contributed by atoms with Gasteiger partial charge < -0.3 is 0 Å². The Morgan fingerprint density at radius 2 is 2.15 bits per heavy atom. The van der Waals surface area contributed by atoms with Crippen LogP contribution in [0.1, 0.15) is 4.88 Å². The molecule has 0 amide bonds. The largest absolute Gasteiger partial charge is 0.270 e. The van der Waals surface area contributed by atoms with E-state index in [1.807, 2.05) is 13.0 Å². The van der Waals surface area contributed by atoms with E-state index in [1.54, 1.807) is 23.5 Å². The van der Waals surface area contributed by atoms with Gasteiger partial charge in [0.1, 0.15) is 0 Å². The molecule has 2 rings (SSSR count). The van der Waals surface area contributed by atoms with Crippen LogP contribution in [0.3, 0.4) is 0 Å². The maximum Gasteiger partial charge on any atom is 0.270 e. The second-order valence-electron chi connectivity index (χ2n) is 2.84. The molecule has 0 radical (unpaired) electrons. The van der Waals surface area contributed by atoms with Gasteiger partial charge in [-0.2, -0.15) is 0 Å². The molecule has 0 aliphatic heterocycles. The Morgan fingerprint density at radius 1 is 1.38 bits per heavy atom. The Bertz CT molecular complexity index is 475. The molecule has 0 aliphatic rings. The van der Waals surface area contributed by atoms with Crippen molar-refractivity contribution in [3.05, 3.63) is 39.3 Å². The van der Waals surface area contributed by atoms with Crippen molar-refractivity contribution in [3.8, 4) is 0 Å². The summed E-state index contributed by atoms with van der Waals surface area (Å²) in [4.78, 5) is 11.3. The molecule has 0 saturated carbocycles. The first-order valence-corrected chi connectivity index (χ1v) is 4.63. The number of hydrogen-bond donors (Lipinski definition) is 0. The fourth-order valence-corrected chi connectivity index (χ4v) is 2.22. The maximum atomic E-state index is 10.5. The van der Waals surface area contributed by atoms with E-state index in [1.165, 1.54) is 10.9 Å². The molecule has 0 bridgehead atoms. The highest BCUT2D eigenvalue weighted by molar-refractivity contribution is 7.19. The first-order chi connectivity index (χ1) is 6.16. The SMILES string of the molecule is Cc1cc2ccc([N+](=O)[O-])cc2s1. The summed E-state index contributed by atoms with van der Waals surface area (Å²) >= 11 is 1.58. The lowest BCUT2D eigenvalue weighted by Gasteiger charge is -1.89. The van der Waals surface area contributed by atoms with Crippen molar-refractivity contribution in [3.63, 3.8) is 0 Å². The summed E-state index contributed by atoms with van der Waals surface area (Å²) in [6, 6.07) is 6.97. The number of non-ortho nitro benzene ring substituents is 1. The third-order valence-electron chi connectivity index (χ3n) is 1.84. The Hall–Kier alpha value is -1.42. The number of rotatable bonds is 1. The zero-order chi connectivity index (χ0) is 9.42. The first kappa shape index (κ1) is 8.19. The Labute approximate surface area is 78.8 Å². The number of nitrogens with zero attached hydrogens (tertiary/aromatic N) is 1. The lowest BCUT2D eigenvalue weighted by atomic mass is 10.2. The van der Waals surface area contributed by atoms with Gasteiger partial charge in [-0.05, 0) is 24.4 Å². The summed E-state index contributed by atoms with van der Waals surface area (Å²) in [7, 11) is 0. The summed E-state index contributed by atoms with van der Waals surface area (Å²) in [5.74, 6) is 0. The van der Waals surface area contributed by atoms with Gasteiger partial charge in [-0.25, -0.2) is 0 Å². The fraction of sp³-hybridized carbons (Fsp3) is 0.111. The number of benzene rings is 1. The molecule has 0 fully saturated rings. The number of fused-ring (bicyclic) bond motifs is 1. The van der Waals surface area contributed by atoms with Crippen molar-refractivity contribution in [1.82, 2.24) is 0 Å². The molecule has 0 N–H and O–H groups in total. The number of hydrogen-bond acceptors (Lipinski definition) is 3. The van der Waals surface area contributed by atoms with E-state index in [4.69, 9.17) is 0 Å². The molecule has 0 saturated heterocycles. The minimum Gasteiger partial charge on any atom is -0.258 e. The number of nitro groups is 1. The molecule has 1 aromatic carbocycles. The van der Waals surface area contributed by atoms with E-state index >= 15 is 0 Å². The van der Waals surface area contributed by atoms with Gasteiger partial charge in [0.05, 0.1) is 4.92 Å². The van der Waals surface area contributed by atoms with E-state index in [2.05, 4.69) is 0 Å². The van der Waals surface area contributed by atoms with Gasteiger partial charge in [-0.15, -0.1) is 11.3 Å². The zero-order valence-corrected chi connectivity index (χ0v) is 7.80. The molecule has 66 valence electrons. The predicted molar refractivity (Wildman–Crippen MR) is 53.2 cm³/mol. The Kier molecular flexibility index (Phi) is 1.77. The van der Waals surface area contributed by atoms with Gasteiger partial charge in [0.25, 0.3) is 5.69 Å². The zero-order valence-electron chi connectivity index (χ0n) is 6.98. The summed E-state index contributed by atoms with van der Waals surface area (Å²) in [6.07, 6.45) is 0. The molecular formula is C9H7NO2S. The fourth-order valence-electron chi connectivity index (χ4n) is 1.27. The summed E-state index contributed by atoms with van der Waals surface area (Å²) in [6.45, 7) is 2.00. The molecule has 0 atom stereocenters. The second-order valence-corrected chi connectivity index (χ2v) is 4.12. The third-order valence-corrected chi connectivity index (χ3v) is 2.85. The molecule has 1 aromatic heterocycles. The number of aryl methyl sites for hydroxylation is 1. The van der Waals surface area contributed by atoms with Crippen molar-refractivity contribution < 1.29 is 4.92 Å². The summed E-state index contributed by atoms with van der Waals surface area (Å²) in [5, 5.41) is 11.5. The lowest BCUT2D eigenvalue weighted by molar-refractivity contribution is -0.384. The molecule has 0 aliphatic carbocycles. The average molecular weight is 193 g/mol. The quantitative estimate of drug-likeness (QED) is 0.516. The van der Waals surface area contributed by atoms with Gasteiger partial charge in [0.15, 0.2) is 0 Å². The lowest BCUT2D eigenvalue weighted by Crippen LogP contribution is -1.85. The van der Waals surface area contributed by atoms with Crippen LogP contribution in [0.25, 0.3) is 10.1 Å². The van der Waals surface area contributed by atoms with Gasteiger partial charge in [0, 0.05) is 21.7 Å². The Morgan fingerprint density at radius 3 is 2.85 bits per heavy atom. The Balaban J connectivity index is 2.67. The van der Waals surface area contributed by atoms with Crippen LogP contribution in [0, 0.1) is 17.0 Å². The van der Waals surface area contributed by atoms with E-state index in [0.717, 1.165) is 10.1 Å².